The van der Waals surface area contributed by atoms with Crippen molar-refractivity contribution in [1.29, 1.82) is 0 Å². The number of nitrogens with one attached hydrogen (secondary N) is 1. The van der Waals surface area contributed by atoms with Gasteiger partial charge in [0.25, 0.3) is 0 Å². The number of para-hydroxylation sites is 1. The van der Waals surface area contributed by atoms with Crippen LogP contribution in [0.25, 0.3) is 11.1 Å². The minimum absolute atomic E-state index is 0.0743. The molecule has 130 valence electrons. The average Bonchev–Trinajstić information content (AvgIpc) is 2.96. The van der Waals surface area contributed by atoms with Crippen LogP contribution >= 0.6 is 0 Å². The van der Waals surface area contributed by atoms with E-state index in [9.17, 15) is 9.59 Å². The molecule has 1 N–H and O–H groups in total. The van der Waals surface area contributed by atoms with Crippen LogP contribution in [0.5, 0.6) is 0 Å². The molecular formula is C21H24N2O2. The van der Waals surface area contributed by atoms with Crippen molar-refractivity contribution in [3.8, 4) is 11.1 Å². The maximum atomic E-state index is 12.7. The lowest BCUT2D eigenvalue weighted by atomic mass is 10.0. The van der Waals surface area contributed by atoms with Crippen molar-refractivity contribution in [2.45, 2.75) is 20.3 Å². The van der Waals surface area contributed by atoms with Crippen molar-refractivity contribution in [3.63, 3.8) is 0 Å². The Morgan fingerprint density at radius 2 is 1.80 bits per heavy atom. The van der Waals surface area contributed by atoms with Gasteiger partial charge >= 0.3 is 0 Å². The number of likely N-dealkylation sites (tertiary alicyclic amines) is 1. The van der Waals surface area contributed by atoms with E-state index in [0.717, 1.165) is 16.8 Å². The van der Waals surface area contributed by atoms with Crippen LogP contribution in [-0.4, -0.2) is 29.8 Å². The molecule has 2 aromatic carbocycles. The Kier molecular flexibility index (Phi) is 5.17. The van der Waals surface area contributed by atoms with E-state index in [1.165, 1.54) is 0 Å². The van der Waals surface area contributed by atoms with Gasteiger partial charge in [-0.1, -0.05) is 62.4 Å². The number of rotatable bonds is 5. The summed E-state index contributed by atoms with van der Waals surface area (Å²) >= 11 is 0. The van der Waals surface area contributed by atoms with E-state index in [4.69, 9.17) is 0 Å². The van der Waals surface area contributed by atoms with Crippen molar-refractivity contribution < 1.29 is 9.59 Å². The van der Waals surface area contributed by atoms with Gasteiger partial charge in [-0.05, 0) is 17.5 Å². The molecule has 1 aliphatic rings. The molecule has 0 aliphatic carbocycles. The molecule has 2 amide bonds. The van der Waals surface area contributed by atoms with Crippen molar-refractivity contribution in [2.24, 2.45) is 11.8 Å². The smallest absolute Gasteiger partial charge is 0.229 e. The fourth-order valence-electron chi connectivity index (χ4n) is 3.26. The highest BCUT2D eigenvalue weighted by molar-refractivity contribution is 5.99. The van der Waals surface area contributed by atoms with E-state index in [0.29, 0.717) is 25.4 Å². The molecule has 1 aliphatic heterocycles. The molecule has 0 aromatic heterocycles. The van der Waals surface area contributed by atoms with Crippen molar-refractivity contribution in [1.82, 2.24) is 4.90 Å². The largest absolute Gasteiger partial charge is 0.342 e. The third-order valence-corrected chi connectivity index (χ3v) is 4.44. The number of anilines is 1. The number of carbonyl (C=O) groups is 2. The van der Waals surface area contributed by atoms with Crippen molar-refractivity contribution >= 4 is 17.5 Å². The van der Waals surface area contributed by atoms with Crippen LogP contribution in [0.15, 0.2) is 54.6 Å². The number of amides is 2. The van der Waals surface area contributed by atoms with Crippen LogP contribution in [0.2, 0.25) is 0 Å². The summed E-state index contributed by atoms with van der Waals surface area (Å²) in [5, 5.41) is 3.03. The number of nitrogens with zero attached hydrogens (tertiary/aromatic N) is 1. The van der Waals surface area contributed by atoms with Gasteiger partial charge in [0.15, 0.2) is 0 Å². The standard InChI is InChI=1S/C21H24N2O2/c1-15(2)13-23-14-17(12-20(23)24)21(25)22-19-11-7-6-10-18(19)16-8-4-3-5-9-16/h3-11,15,17H,12-14H2,1-2H3,(H,22,25)/t17-/m1/s1. The summed E-state index contributed by atoms with van der Waals surface area (Å²) in [7, 11) is 0. The Morgan fingerprint density at radius 1 is 1.12 bits per heavy atom. The summed E-state index contributed by atoms with van der Waals surface area (Å²) in [5.41, 5.74) is 2.83. The van der Waals surface area contributed by atoms with E-state index in [1.807, 2.05) is 54.6 Å². The van der Waals surface area contributed by atoms with Gasteiger partial charge in [0, 0.05) is 30.8 Å². The normalized spacial score (nSPS) is 17.2. The fourth-order valence-corrected chi connectivity index (χ4v) is 3.26. The zero-order valence-corrected chi connectivity index (χ0v) is 14.7. The summed E-state index contributed by atoms with van der Waals surface area (Å²) in [6.07, 6.45) is 0.298. The van der Waals surface area contributed by atoms with Gasteiger partial charge < -0.3 is 10.2 Å². The maximum Gasteiger partial charge on any atom is 0.229 e. The van der Waals surface area contributed by atoms with Gasteiger partial charge in [-0.15, -0.1) is 0 Å². The Balaban J connectivity index is 1.73. The zero-order valence-electron chi connectivity index (χ0n) is 14.7. The number of benzene rings is 2. The highest BCUT2D eigenvalue weighted by Crippen LogP contribution is 2.29. The molecule has 0 saturated carbocycles. The van der Waals surface area contributed by atoms with Crippen molar-refractivity contribution in [3.05, 3.63) is 54.6 Å². The van der Waals surface area contributed by atoms with Gasteiger partial charge in [-0.2, -0.15) is 0 Å². The maximum absolute atomic E-state index is 12.7. The first-order valence-corrected chi connectivity index (χ1v) is 8.77. The van der Waals surface area contributed by atoms with Gasteiger partial charge in [0.05, 0.1) is 5.92 Å². The minimum atomic E-state index is -0.282. The lowest BCUT2D eigenvalue weighted by Gasteiger charge is -2.19. The molecule has 4 nitrogen and oxygen atoms in total. The molecule has 1 fully saturated rings. The molecule has 3 rings (SSSR count). The monoisotopic (exact) mass is 336 g/mol. The van der Waals surface area contributed by atoms with Gasteiger partial charge in [0.2, 0.25) is 11.8 Å². The molecule has 1 saturated heterocycles. The van der Waals surface area contributed by atoms with Crippen LogP contribution in [-0.2, 0) is 9.59 Å². The Morgan fingerprint density at radius 3 is 2.52 bits per heavy atom. The van der Waals surface area contributed by atoms with Crippen LogP contribution < -0.4 is 5.32 Å². The van der Waals surface area contributed by atoms with E-state index in [2.05, 4.69) is 19.2 Å². The molecule has 0 bridgehead atoms. The first-order valence-electron chi connectivity index (χ1n) is 8.77. The number of hydrogen-bond acceptors (Lipinski definition) is 2. The quantitative estimate of drug-likeness (QED) is 0.903. The number of carbonyl (C=O) groups excluding carboxylic acids is 2. The Hall–Kier alpha value is -2.62. The predicted molar refractivity (Wildman–Crippen MR) is 100 cm³/mol. The molecule has 4 heteroatoms. The number of hydrogen-bond donors (Lipinski definition) is 1. The second-order valence-electron chi connectivity index (χ2n) is 6.99. The minimum Gasteiger partial charge on any atom is -0.342 e. The van der Waals surface area contributed by atoms with Gasteiger partial charge in [0.1, 0.15) is 0 Å². The molecule has 1 atom stereocenters. The van der Waals surface area contributed by atoms with Crippen LogP contribution in [0, 0.1) is 11.8 Å². The first kappa shape index (κ1) is 17.2. The average molecular weight is 336 g/mol. The second-order valence-corrected chi connectivity index (χ2v) is 6.99. The molecule has 2 aromatic rings. The van der Waals surface area contributed by atoms with Crippen LogP contribution in [0.3, 0.4) is 0 Å². The Labute approximate surface area is 148 Å². The van der Waals surface area contributed by atoms with E-state index >= 15 is 0 Å². The molecule has 25 heavy (non-hydrogen) atoms. The van der Waals surface area contributed by atoms with Crippen molar-refractivity contribution in [2.75, 3.05) is 18.4 Å². The van der Waals surface area contributed by atoms with Gasteiger partial charge in [-0.25, -0.2) is 0 Å². The molecule has 0 spiro atoms. The van der Waals surface area contributed by atoms with Crippen LogP contribution in [0.1, 0.15) is 20.3 Å². The zero-order chi connectivity index (χ0) is 17.8. The summed E-state index contributed by atoms with van der Waals surface area (Å²) in [6, 6.07) is 17.7. The summed E-state index contributed by atoms with van der Waals surface area (Å²) in [4.78, 5) is 26.6. The molecule has 0 radical (unpaired) electrons. The highest BCUT2D eigenvalue weighted by atomic mass is 16.2. The van der Waals surface area contributed by atoms with E-state index in [1.54, 1.807) is 4.90 Å². The van der Waals surface area contributed by atoms with E-state index < -0.39 is 0 Å². The topological polar surface area (TPSA) is 49.4 Å². The SMILES string of the molecule is CC(C)CN1C[C@H](C(=O)Nc2ccccc2-c2ccccc2)CC1=O. The molecule has 1 heterocycles. The summed E-state index contributed by atoms with van der Waals surface area (Å²) in [5.74, 6) is 0.118. The third kappa shape index (κ3) is 4.08. The second kappa shape index (κ2) is 7.51. The molecular weight excluding hydrogens is 312 g/mol. The lowest BCUT2D eigenvalue weighted by Crippen LogP contribution is -2.31. The van der Waals surface area contributed by atoms with E-state index in [-0.39, 0.29) is 17.7 Å². The fraction of sp³-hybridized carbons (Fsp3) is 0.333. The summed E-state index contributed by atoms with van der Waals surface area (Å²) < 4.78 is 0. The summed E-state index contributed by atoms with van der Waals surface area (Å²) in [6.45, 7) is 5.38. The third-order valence-electron chi connectivity index (χ3n) is 4.44. The predicted octanol–water partition coefficient (Wildman–Crippen LogP) is 3.80. The van der Waals surface area contributed by atoms with Gasteiger partial charge in [-0.3, -0.25) is 9.59 Å². The molecule has 0 unspecified atom stereocenters. The Bertz CT molecular complexity index is 756. The highest BCUT2D eigenvalue weighted by Gasteiger charge is 2.34. The van der Waals surface area contributed by atoms with Crippen LogP contribution in [0.4, 0.5) is 5.69 Å². The lowest BCUT2D eigenvalue weighted by molar-refractivity contribution is -0.128. The first-order chi connectivity index (χ1) is 12.0.